The van der Waals surface area contributed by atoms with Crippen molar-refractivity contribution in [3.8, 4) is 11.5 Å². The highest BCUT2D eigenvalue weighted by atomic mass is 32.2. The van der Waals surface area contributed by atoms with Crippen LogP contribution in [0.3, 0.4) is 0 Å². The minimum Gasteiger partial charge on any atom is -0.508 e. The van der Waals surface area contributed by atoms with E-state index in [2.05, 4.69) is 0 Å². The second-order valence-corrected chi connectivity index (χ2v) is 6.38. The number of rotatable bonds is 2. The van der Waals surface area contributed by atoms with E-state index >= 15 is 0 Å². The van der Waals surface area contributed by atoms with E-state index in [0.717, 1.165) is 16.2 Å². The topological polar surface area (TPSA) is 46.5 Å². The summed E-state index contributed by atoms with van der Waals surface area (Å²) in [6, 6.07) is 12.6. The molecule has 3 nitrogen and oxygen atoms in total. The molecule has 23 heavy (non-hydrogen) atoms. The highest BCUT2D eigenvalue weighted by Gasteiger charge is 2.40. The van der Waals surface area contributed by atoms with Crippen LogP contribution in [-0.2, 0) is 5.41 Å². The number of methoxy groups -OCH3 is 1. The van der Waals surface area contributed by atoms with Crippen LogP contribution < -0.4 is 4.74 Å². The van der Waals surface area contributed by atoms with Gasteiger partial charge in [-0.1, -0.05) is 26.0 Å². The molecule has 0 spiro atoms. The zero-order valence-electron chi connectivity index (χ0n) is 13.9. The average Bonchev–Trinajstić information content (AvgIpc) is 2.60. The van der Waals surface area contributed by atoms with Gasteiger partial charge in [0.15, 0.2) is 5.78 Å². The molecule has 1 aliphatic heterocycles. The first-order valence-electron chi connectivity index (χ1n) is 7.70. The van der Waals surface area contributed by atoms with Crippen molar-refractivity contribution in [2.75, 3.05) is 12.9 Å². The molecule has 2 aromatic carbocycles. The van der Waals surface area contributed by atoms with Gasteiger partial charge < -0.3 is 9.84 Å². The molecule has 1 aliphatic rings. The lowest BCUT2D eigenvalue weighted by atomic mass is 9.77. The second kappa shape index (κ2) is 7.09. The van der Waals surface area contributed by atoms with E-state index in [-0.39, 0.29) is 11.5 Å². The van der Waals surface area contributed by atoms with E-state index in [1.165, 1.54) is 0 Å². The molecule has 2 aromatic rings. The highest BCUT2D eigenvalue weighted by Crippen LogP contribution is 2.43. The van der Waals surface area contributed by atoms with Crippen LogP contribution in [0.2, 0.25) is 0 Å². The van der Waals surface area contributed by atoms with Gasteiger partial charge in [0, 0.05) is 16.2 Å². The maximum absolute atomic E-state index is 12.9. The number of ether oxygens (including phenoxy) is 1. The fraction of sp³-hybridized carbons (Fsp3) is 0.316. The Morgan fingerprint density at radius 2 is 1.78 bits per heavy atom. The number of fused-ring (bicyclic) bond motifs is 1. The Bertz CT molecular complexity index is 694. The number of hydrogen-bond donors (Lipinski definition) is 1. The SMILES string of the molecule is CC.COc1ccc(C2(C)CSc3cc(O)ccc3C2=O)cc1. The average molecular weight is 330 g/mol. The van der Waals surface area contributed by atoms with Crippen molar-refractivity contribution in [2.24, 2.45) is 0 Å². The Hall–Kier alpha value is -1.94. The molecule has 1 atom stereocenters. The molecule has 0 saturated carbocycles. The van der Waals surface area contributed by atoms with Crippen molar-refractivity contribution in [1.29, 1.82) is 0 Å². The fourth-order valence-electron chi connectivity index (χ4n) is 2.58. The third-order valence-corrected chi connectivity index (χ3v) is 5.32. The summed E-state index contributed by atoms with van der Waals surface area (Å²) in [6.07, 6.45) is 0. The predicted octanol–water partition coefficient (Wildman–Crippen LogP) is 4.67. The fourth-order valence-corrected chi connectivity index (χ4v) is 3.84. The summed E-state index contributed by atoms with van der Waals surface area (Å²) >= 11 is 1.61. The third kappa shape index (κ3) is 3.22. The number of carbonyl (C=O) groups is 1. The number of ketones is 1. The van der Waals surface area contributed by atoms with Gasteiger partial charge in [-0.3, -0.25) is 4.79 Å². The van der Waals surface area contributed by atoms with Gasteiger partial charge in [0.1, 0.15) is 11.5 Å². The molecule has 0 fully saturated rings. The summed E-state index contributed by atoms with van der Waals surface area (Å²) in [6.45, 7) is 5.97. The molecule has 1 unspecified atom stereocenters. The number of hydrogen-bond acceptors (Lipinski definition) is 4. The number of benzene rings is 2. The first kappa shape index (κ1) is 17.4. The first-order chi connectivity index (χ1) is 11.0. The van der Waals surface area contributed by atoms with Crippen molar-refractivity contribution in [1.82, 2.24) is 0 Å². The van der Waals surface area contributed by atoms with Gasteiger partial charge in [0.2, 0.25) is 0 Å². The maximum atomic E-state index is 12.9. The predicted molar refractivity (Wildman–Crippen MR) is 94.9 cm³/mol. The lowest BCUT2D eigenvalue weighted by Gasteiger charge is -2.33. The van der Waals surface area contributed by atoms with Crippen LogP contribution in [0.25, 0.3) is 0 Å². The van der Waals surface area contributed by atoms with Gasteiger partial charge in [-0.25, -0.2) is 0 Å². The van der Waals surface area contributed by atoms with Gasteiger partial charge in [-0.15, -0.1) is 11.8 Å². The lowest BCUT2D eigenvalue weighted by molar-refractivity contribution is 0.0905. The zero-order chi connectivity index (χ0) is 17.0. The van der Waals surface area contributed by atoms with E-state index < -0.39 is 5.41 Å². The molecule has 0 amide bonds. The second-order valence-electron chi connectivity index (χ2n) is 5.36. The van der Waals surface area contributed by atoms with Crippen LogP contribution in [-0.4, -0.2) is 23.8 Å². The number of phenolic OH excluding ortho intramolecular Hbond substituents is 1. The number of aromatic hydroxyl groups is 1. The Balaban J connectivity index is 0.000000924. The summed E-state index contributed by atoms with van der Waals surface area (Å²) < 4.78 is 5.17. The molecule has 1 heterocycles. The van der Waals surface area contributed by atoms with Gasteiger partial charge in [0.25, 0.3) is 0 Å². The van der Waals surface area contributed by atoms with Crippen LogP contribution in [0, 0.1) is 0 Å². The monoisotopic (exact) mass is 330 g/mol. The number of phenols is 1. The van der Waals surface area contributed by atoms with Crippen LogP contribution in [0.1, 0.15) is 36.7 Å². The van der Waals surface area contributed by atoms with E-state index in [1.807, 2.05) is 45.0 Å². The molecule has 3 rings (SSSR count). The molecule has 0 bridgehead atoms. The van der Waals surface area contributed by atoms with Crippen molar-refractivity contribution >= 4 is 17.5 Å². The molecule has 0 saturated heterocycles. The Kier molecular flexibility index (Phi) is 5.37. The van der Waals surface area contributed by atoms with Crippen LogP contribution in [0.4, 0.5) is 0 Å². The van der Waals surface area contributed by atoms with Crippen molar-refractivity contribution in [3.05, 3.63) is 53.6 Å². The van der Waals surface area contributed by atoms with Gasteiger partial charge in [0.05, 0.1) is 12.5 Å². The Morgan fingerprint density at radius 1 is 1.13 bits per heavy atom. The van der Waals surface area contributed by atoms with E-state index in [9.17, 15) is 9.90 Å². The summed E-state index contributed by atoms with van der Waals surface area (Å²) in [5.74, 6) is 1.74. The summed E-state index contributed by atoms with van der Waals surface area (Å²) in [7, 11) is 1.63. The Labute approximate surface area is 141 Å². The lowest BCUT2D eigenvalue weighted by Crippen LogP contribution is -2.38. The molecule has 122 valence electrons. The number of Topliss-reactive ketones (excluding diaryl/α,β-unsaturated/α-hetero) is 1. The van der Waals surface area contributed by atoms with E-state index in [1.54, 1.807) is 37.1 Å². The van der Waals surface area contributed by atoms with Crippen LogP contribution in [0.15, 0.2) is 47.4 Å². The van der Waals surface area contributed by atoms with Crippen molar-refractivity contribution < 1.29 is 14.6 Å². The zero-order valence-corrected chi connectivity index (χ0v) is 14.7. The van der Waals surface area contributed by atoms with Gasteiger partial charge >= 0.3 is 0 Å². The minimum atomic E-state index is -0.555. The molecule has 4 heteroatoms. The standard InChI is InChI=1S/C17H16O3S.C2H6/c1-17(11-3-6-13(20-2)7-4-11)10-21-15-9-12(18)5-8-14(15)16(17)19;1-2/h3-9,18H,10H2,1-2H3;1-2H3. The van der Waals surface area contributed by atoms with Crippen molar-refractivity contribution in [3.63, 3.8) is 0 Å². The minimum absolute atomic E-state index is 0.0985. The van der Waals surface area contributed by atoms with E-state index in [4.69, 9.17) is 4.74 Å². The van der Waals surface area contributed by atoms with E-state index in [0.29, 0.717) is 11.3 Å². The molecule has 0 aliphatic carbocycles. The molecule has 0 radical (unpaired) electrons. The molecular weight excluding hydrogens is 308 g/mol. The van der Waals surface area contributed by atoms with Crippen LogP contribution >= 0.6 is 11.8 Å². The maximum Gasteiger partial charge on any atom is 0.175 e. The summed E-state index contributed by atoms with van der Waals surface area (Å²) in [4.78, 5) is 13.7. The largest absolute Gasteiger partial charge is 0.508 e. The first-order valence-corrected chi connectivity index (χ1v) is 8.68. The molecule has 1 N–H and O–H groups in total. The summed E-state index contributed by atoms with van der Waals surface area (Å²) in [5, 5.41) is 9.54. The van der Waals surface area contributed by atoms with Crippen molar-refractivity contribution in [2.45, 2.75) is 31.1 Å². The molecule has 0 aromatic heterocycles. The Morgan fingerprint density at radius 3 is 2.39 bits per heavy atom. The third-order valence-electron chi connectivity index (χ3n) is 3.95. The number of carbonyl (C=O) groups excluding carboxylic acids is 1. The van der Waals surface area contributed by atoms with Gasteiger partial charge in [-0.2, -0.15) is 0 Å². The number of thioether (sulfide) groups is 1. The normalized spacial score (nSPS) is 19.4. The highest BCUT2D eigenvalue weighted by molar-refractivity contribution is 7.99. The quantitative estimate of drug-likeness (QED) is 0.869. The van der Waals surface area contributed by atoms with Crippen LogP contribution in [0.5, 0.6) is 11.5 Å². The molecular formula is C19H22O3S. The van der Waals surface area contributed by atoms with Gasteiger partial charge in [-0.05, 0) is 42.8 Å². The smallest absolute Gasteiger partial charge is 0.175 e. The summed E-state index contributed by atoms with van der Waals surface area (Å²) in [5.41, 5.74) is 1.11.